The van der Waals surface area contributed by atoms with Crippen LogP contribution in [0, 0.1) is 28.6 Å². The van der Waals surface area contributed by atoms with Gasteiger partial charge in [0.15, 0.2) is 5.67 Å². The highest BCUT2D eigenvalue weighted by molar-refractivity contribution is 5.40. The van der Waals surface area contributed by atoms with Crippen molar-refractivity contribution in [1.29, 1.82) is 0 Å². The third-order valence-corrected chi connectivity index (χ3v) is 8.97. The summed E-state index contributed by atoms with van der Waals surface area (Å²) >= 11 is 0. The number of aliphatic hydroxyl groups is 3. The number of halogens is 2. The van der Waals surface area contributed by atoms with Gasteiger partial charge in [0.05, 0.1) is 11.7 Å². The monoisotopic (exact) mass is 382 g/mol. The minimum atomic E-state index is -1.95. The number of hydrogen-bond donors (Lipinski definition) is 3. The molecule has 4 rings (SSSR count). The molecule has 0 saturated heterocycles. The van der Waals surface area contributed by atoms with Crippen LogP contribution in [0.1, 0.15) is 52.9 Å². The maximum absolute atomic E-state index is 16.8. The molecule has 5 heteroatoms. The molecule has 0 bridgehead atoms. The van der Waals surface area contributed by atoms with Crippen LogP contribution in [0.25, 0.3) is 0 Å². The van der Waals surface area contributed by atoms with Gasteiger partial charge in [-0.15, -0.1) is 0 Å². The maximum atomic E-state index is 16.8. The third-order valence-electron chi connectivity index (χ3n) is 8.97. The molecule has 0 aromatic carbocycles. The van der Waals surface area contributed by atoms with E-state index in [1.54, 1.807) is 19.1 Å². The van der Waals surface area contributed by atoms with Gasteiger partial charge in [0, 0.05) is 29.8 Å². The fourth-order valence-corrected chi connectivity index (χ4v) is 7.47. The number of rotatable bonds is 2. The molecule has 0 spiro atoms. The van der Waals surface area contributed by atoms with Crippen molar-refractivity contribution >= 4 is 0 Å². The van der Waals surface area contributed by atoms with E-state index in [2.05, 4.69) is 0 Å². The molecule has 0 aromatic rings. The lowest BCUT2D eigenvalue weighted by molar-refractivity contribution is -0.227. The fraction of sp³-hybridized carbons (Fsp3) is 0.818. The first-order valence-corrected chi connectivity index (χ1v) is 10.3. The molecule has 0 aromatic heterocycles. The van der Waals surface area contributed by atoms with Crippen LogP contribution in [0.15, 0.2) is 23.8 Å². The van der Waals surface area contributed by atoms with Crippen molar-refractivity contribution in [3.8, 4) is 0 Å². The molecule has 3 N–H and O–H groups in total. The van der Waals surface area contributed by atoms with Crippen molar-refractivity contribution in [3.05, 3.63) is 23.8 Å². The molecule has 3 fully saturated rings. The topological polar surface area (TPSA) is 60.7 Å². The smallest absolute Gasteiger partial charge is 0.152 e. The van der Waals surface area contributed by atoms with Gasteiger partial charge in [-0.1, -0.05) is 32.1 Å². The minimum Gasteiger partial charge on any atom is -0.396 e. The van der Waals surface area contributed by atoms with E-state index in [4.69, 9.17) is 0 Å². The van der Waals surface area contributed by atoms with E-state index < -0.39 is 40.3 Å². The van der Waals surface area contributed by atoms with Gasteiger partial charge >= 0.3 is 0 Å². The van der Waals surface area contributed by atoms with Gasteiger partial charge in [-0.05, 0) is 50.0 Å². The third kappa shape index (κ3) is 2.11. The summed E-state index contributed by atoms with van der Waals surface area (Å²) in [7, 11) is 0. The largest absolute Gasteiger partial charge is 0.396 e. The SMILES string of the molecule is C[C@@H]1C[C@H]2[C@@H]3C[C@H](F)C4=CCC=C[C@]4(C)[C@@]3(F)[C@@H](O)C[C@]2(C)[C@@]1(O)CCO. The molecule has 27 heavy (non-hydrogen) atoms. The molecule has 0 amide bonds. The van der Waals surface area contributed by atoms with Crippen LogP contribution in [0.5, 0.6) is 0 Å². The maximum Gasteiger partial charge on any atom is 0.152 e. The molecule has 0 unspecified atom stereocenters. The van der Waals surface area contributed by atoms with E-state index >= 15 is 8.78 Å². The Kier molecular flexibility index (Phi) is 4.24. The summed E-state index contributed by atoms with van der Waals surface area (Å²) in [4.78, 5) is 0. The molecule has 0 radical (unpaired) electrons. The van der Waals surface area contributed by atoms with Gasteiger partial charge in [-0.2, -0.15) is 0 Å². The average Bonchev–Trinajstić information content (AvgIpc) is 2.79. The van der Waals surface area contributed by atoms with Crippen molar-refractivity contribution in [1.82, 2.24) is 0 Å². The Balaban J connectivity index is 1.84. The van der Waals surface area contributed by atoms with Crippen LogP contribution in [-0.4, -0.2) is 45.5 Å². The second-order valence-corrected chi connectivity index (χ2v) is 9.86. The lowest BCUT2D eigenvalue weighted by atomic mass is 9.44. The summed E-state index contributed by atoms with van der Waals surface area (Å²) in [5.41, 5.74) is -4.57. The number of alkyl halides is 2. The Labute approximate surface area is 160 Å². The number of fused-ring (bicyclic) bond motifs is 5. The highest BCUT2D eigenvalue weighted by Crippen LogP contribution is 2.71. The van der Waals surface area contributed by atoms with Crippen molar-refractivity contribution < 1.29 is 24.1 Å². The molecule has 3 saturated carbocycles. The second-order valence-electron chi connectivity index (χ2n) is 9.86. The molecule has 4 aliphatic carbocycles. The van der Waals surface area contributed by atoms with Gasteiger partial charge < -0.3 is 15.3 Å². The summed E-state index contributed by atoms with van der Waals surface area (Å²) in [5, 5.41) is 32.1. The Bertz CT molecular complexity index is 693. The van der Waals surface area contributed by atoms with E-state index in [0.717, 1.165) is 0 Å². The predicted octanol–water partition coefficient (Wildman–Crippen LogP) is 3.49. The predicted molar refractivity (Wildman–Crippen MR) is 99.4 cm³/mol. The highest BCUT2D eigenvalue weighted by Gasteiger charge is 2.74. The first-order valence-electron chi connectivity index (χ1n) is 10.3. The molecule has 3 nitrogen and oxygen atoms in total. The number of aliphatic hydroxyl groups excluding tert-OH is 2. The van der Waals surface area contributed by atoms with Crippen molar-refractivity contribution in [3.63, 3.8) is 0 Å². The Morgan fingerprint density at radius 2 is 1.93 bits per heavy atom. The lowest BCUT2D eigenvalue weighted by Gasteiger charge is -2.63. The van der Waals surface area contributed by atoms with E-state index in [1.165, 1.54) is 0 Å². The van der Waals surface area contributed by atoms with Crippen LogP contribution in [-0.2, 0) is 0 Å². The van der Waals surface area contributed by atoms with Crippen LogP contribution >= 0.6 is 0 Å². The molecule has 0 aliphatic heterocycles. The van der Waals surface area contributed by atoms with E-state index in [0.29, 0.717) is 18.4 Å². The average molecular weight is 382 g/mol. The van der Waals surface area contributed by atoms with Crippen molar-refractivity contribution in [2.24, 2.45) is 28.6 Å². The van der Waals surface area contributed by atoms with E-state index in [-0.39, 0.29) is 37.7 Å². The van der Waals surface area contributed by atoms with Crippen LogP contribution in [0.2, 0.25) is 0 Å². The zero-order valence-corrected chi connectivity index (χ0v) is 16.5. The summed E-state index contributed by atoms with van der Waals surface area (Å²) in [6, 6.07) is 0. The van der Waals surface area contributed by atoms with E-state index in [9.17, 15) is 15.3 Å². The van der Waals surface area contributed by atoms with Crippen LogP contribution in [0.4, 0.5) is 8.78 Å². The number of hydrogen-bond acceptors (Lipinski definition) is 3. The minimum absolute atomic E-state index is 0.0466. The van der Waals surface area contributed by atoms with Crippen molar-refractivity contribution in [2.45, 2.75) is 76.4 Å². The Hall–Kier alpha value is -0.780. The standard InChI is InChI=1S/C22H32F2O3/c1-13-10-15-16-11-17(23)14-6-4-5-7-19(14,2)22(16,24)18(26)12-20(15,3)21(13,27)8-9-25/h5-7,13,15-18,25-27H,4,8-12H2,1-3H3/t13-,15+,16+,17+,18+,19+,20+,21-,22+/m1/s1. The summed E-state index contributed by atoms with van der Waals surface area (Å²) in [6.45, 7) is 5.38. The van der Waals surface area contributed by atoms with Crippen LogP contribution in [0.3, 0.4) is 0 Å². The first kappa shape index (κ1) is 19.5. The number of allylic oxidation sites excluding steroid dienone is 4. The highest BCUT2D eigenvalue weighted by atomic mass is 19.1. The summed E-state index contributed by atoms with van der Waals surface area (Å²) in [5.74, 6) is -1.04. The quantitative estimate of drug-likeness (QED) is 0.641. The molecule has 9 atom stereocenters. The van der Waals surface area contributed by atoms with Crippen molar-refractivity contribution in [2.75, 3.05) is 6.61 Å². The zero-order chi connectivity index (χ0) is 19.8. The molecular formula is C22H32F2O3. The summed E-state index contributed by atoms with van der Waals surface area (Å²) < 4.78 is 32.0. The molecular weight excluding hydrogens is 350 g/mol. The van der Waals surface area contributed by atoms with Gasteiger partial charge in [-0.3, -0.25) is 0 Å². The normalized spacial score (nSPS) is 56.9. The zero-order valence-electron chi connectivity index (χ0n) is 16.5. The van der Waals surface area contributed by atoms with Crippen LogP contribution < -0.4 is 0 Å². The summed E-state index contributed by atoms with van der Waals surface area (Å²) in [6.07, 6.45) is 4.42. The molecule has 0 heterocycles. The molecule has 152 valence electrons. The second kappa shape index (κ2) is 5.87. The van der Waals surface area contributed by atoms with Gasteiger partial charge in [0.2, 0.25) is 0 Å². The van der Waals surface area contributed by atoms with Gasteiger partial charge in [-0.25, -0.2) is 8.78 Å². The van der Waals surface area contributed by atoms with E-state index in [1.807, 2.05) is 19.9 Å². The van der Waals surface area contributed by atoms with Gasteiger partial charge in [0.1, 0.15) is 6.17 Å². The molecule has 4 aliphatic rings. The van der Waals surface area contributed by atoms with Gasteiger partial charge in [0.25, 0.3) is 0 Å². The Morgan fingerprint density at radius 3 is 2.59 bits per heavy atom. The fourth-order valence-electron chi connectivity index (χ4n) is 7.47. The Morgan fingerprint density at radius 1 is 1.22 bits per heavy atom. The lowest BCUT2D eigenvalue weighted by Crippen LogP contribution is -2.69. The first-order chi connectivity index (χ1) is 12.6.